The van der Waals surface area contributed by atoms with Crippen LogP contribution in [0.1, 0.15) is 27.7 Å². The van der Waals surface area contributed by atoms with Crippen LogP contribution in [-0.2, 0) is 29.1 Å². The molecule has 0 saturated heterocycles. The summed E-state index contributed by atoms with van der Waals surface area (Å²) in [6.45, 7) is 9.77. The number of carbonyl (C=O) groups is 2. The summed E-state index contributed by atoms with van der Waals surface area (Å²) in [4.78, 5) is 30.6. The monoisotopic (exact) mass is 262 g/mol. The van der Waals surface area contributed by atoms with Crippen LogP contribution in [0.2, 0.25) is 0 Å². The van der Waals surface area contributed by atoms with Crippen molar-refractivity contribution < 1.29 is 33.9 Å². The van der Waals surface area contributed by atoms with Crippen molar-refractivity contribution in [2.24, 2.45) is 0 Å². The summed E-state index contributed by atoms with van der Waals surface area (Å²) in [6.07, 6.45) is -1.09. The molecule has 0 aromatic heterocycles. The second-order valence-corrected chi connectivity index (χ2v) is 4.36. The predicted molar refractivity (Wildman–Crippen MR) is 60.1 cm³/mol. The fraction of sp³-hybridized carbons (Fsp3) is 0.636. The minimum Gasteiger partial charge on any atom is -0.459 e. The first-order valence-corrected chi connectivity index (χ1v) is 5.24. The Balaban J connectivity index is 3.54. The van der Waals surface area contributed by atoms with Gasteiger partial charge < -0.3 is 9.47 Å². The van der Waals surface area contributed by atoms with Gasteiger partial charge in [0.25, 0.3) is 0 Å². The third-order valence-electron chi connectivity index (χ3n) is 1.27. The molecule has 7 nitrogen and oxygen atoms in total. The molecule has 0 spiro atoms. The molecule has 104 valence electrons. The standard InChI is InChI=1S/C11H18O7/c1-8(2)9(12)14-6-7-15-10(13)16-18-17-11(3,4)5/h1,6-7H2,2-5H3. The molecular weight excluding hydrogens is 244 g/mol. The summed E-state index contributed by atoms with van der Waals surface area (Å²) in [5.74, 6) is -0.556. The molecule has 0 aliphatic rings. The maximum Gasteiger partial charge on any atom is 0.542 e. The Morgan fingerprint density at radius 2 is 1.67 bits per heavy atom. The smallest absolute Gasteiger partial charge is 0.459 e. The van der Waals surface area contributed by atoms with Gasteiger partial charge in [-0.15, -0.1) is 0 Å². The Bertz CT molecular complexity index is 303. The third kappa shape index (κ3) is 9.61. The van der Waals surface area contributed by atoms with Gasteiger partial charge in [-0.1, -0.05) is 6.58 Å². The van der Waals surface area contributed by atoms with Crippen LogP contribution >= 0.6 is 0 Å². The van der Waals surface area contributed by atoms with Gasteiger partial charge in [0.05, 0.1) is 5.60 Å². The Morgan fingerprint density at radius 1 is 1.11 bits per heavy atom. The summed E-state index contributed by atoms with van der Waals surface area (Å²) in [5, 5.41) is 4.18. The number of hydrogen-bond donors (Lipinski definition) is 0. The van der Waals surface area contributed by atoms with E-state index in [1.807, 2.05) is 0 Å². The van der Waals surface area contributed by atoms with Gasteiger partial charge in [-0.3, -0.25) is 0 Å². The van der Waals surface area contributed by atoms with E-state index in [1.165, 1.54) is 6.92 Å². The van der Waals surface area contributed by atoms with Crippen molar-refractivity contribution in [1.82, 2.24) is 0 Å². The maximum atomic E-state index is 10.9. The highest BCUT2D eigenvalue weighted by Gasteiger charge is 2.14. The Hall–Kier alpha value is -1.60. The summed E-state index contributed by atoms with van der Waals surface area (Å²) >= 11 is 0. The highest BCUT2D eigenvalue weighted by atomic mass is 17.5. The molecule has 0 aliphatic heterocycles. The highest BCUT2D eigenvalue weighted by molar-refractivity contribution is 5.86. The van der Waals surface area contributed by atoms with Crippen LogP contribution in [0.4, 0.5) is 4.79 Å². The van der Waals surface area contributed by atoms with Crippen molar-refractivity contribution in [2.75, 3.05) is 13.2 Å². The van der Waals surface area contributed by atoms with E-state index in [0.29, 0.717) is 0 Å². The second kappa shape index (κ2) is 7.67. The van der Waals surface area contributed by atoms with Crippen molar-refractivity contribution in [3.05, 3.63) is 12.2 Å². The maximum absolute atomic E-state index is 10.9. The van der Waals surface area contributed by atoms with Crippen LogP contribution in [-0.4, -0.2) is 30.9 Å². The normalized spacial score (nSPS) is 10.7. The van der Waals surface area contributed by atoms with Gasteiger partial charge in [0, 0.05) is 5.57 Å². The van der Waals surface area contributed by atoms with Gasteiger partial charge >= 0.3 is 12.1 Å². The molecule has 0 amide bonds. The van der Waals surface area contributed by atoms with Crippen LogP contribution in [0.5, 0.6) is 0 Å². The summed E-state index contributed by atoms with van der Waals surface area (Å²) in [6, 6.07) is 0. The Morgan fingerprint density at radius 3 is 2.17 bits per heavy atom. The molecule has 18 heavy (non-hydrogen) atoms. The molecule has 0 heterocycles. The van der Waals surface area contributed by atoms with Crippen LogP contribution < -0.4 is 0 Å². The topological polar surface area (TPSA) is 80.3 Å². The number of ether oxygens (including phenoxy) is 2. The van der Waals surface area contributed by atoms with Crippen molar-refractivity contribution in [3.63, 3.8) is 0 Å². The highest BCUT2D eigenvalue weighted by Crippen LogP contribution is 2.07. The lowest BCUT2D eigenvalue weighted by Crippen LogP contribution is -2.21. The molecule has 0 aromatic carbocycles. The Kier molecular flexibility index (Phi) is 6.99. The molecule has 0 saturated carbocycles. The van der Waals surface area contributed by atoms with Gasteiger partial charge in [0.2, 0.25) is 0 Å². The van der Waals surface area contributed by atoms with E-state index in [0.717, 1.165) is 0 Å². The van der Waals surface area contributed by atoms with E-state index in [1.54, 1.807) is 20.8 Å². The lowest BCUT2D eigenvalue weighted by molar-refractivity contribution is -0.514. The molecule has 0 fully saturated rings. The molecular formula is C11H18O7. The minimum atomic E-state index is -1.09. The molecule has 0 aliphatic carbocycles. The first-order chi connectivity index (χ1) is 8.22. The van der Waals surface area contributed by atoms with Gasteiger partial charge in [0.1, 0.15) is 13.2 Å². The van der Waals surface area contributed by atoms with Gasteiger partial charge in [-0.25, -0.2) is 14.5 Å². The summed E-state index contributed by atoms with van der Waals surface area (Å²) in [7, 11) is 0. The van der Waals surface area contributed by atoms with Crippen LogP contribution in [0.3, 0.4) is 0 Å². The zero-order valence-electron chi connectivity index (χ0n) is 11.0. The van der Waals surface area contributed by atoms with Gasteiger partial charge in [-0.05, 0) is 32.7 Å². The van der Waals surface area contributed by atoms with Crippen molar-refractivity contribution >= 4 is 12.1 Å². The fourth-order valence-corrected chi connectivity index (χ4v) is 0.553. The molecule has 0 radical (unpaired) electrons. The largest absolute Gasteiger partial charge is 0.542 e. The SMILES string of the molecule is C=C(C)C(=O)OCCOC(=O)OOOC(C)(C)C. The molecule has 0 N–H and O–H groups in total. The van der Waals surface area contributed by atoms with Crippen LogP contribution in [0.25, 0.3) is 0 Å². The van der Waals surface area contributed by atoms with Crippen molar-refractivity contribution in [1.29, 1.82) is 0 Å². The van der Waals surface area contributed by atoms with E-state index in [9.17, 15) is 9.59 Å². The average Bonchev–Trinajstić information content (AvgIpc) is 2.22. The quantitative estimate of drug-likeness (QED) is 0.238. The van der Waals surface area contributed by atoms with E-state index in [2.05, 4.69) is 30.9 Å². The number of esters is 1. The lowest BCUT2D eigenvalue weighted by Gasteiger charge is -2.15. The van der Waals surface area contributed by atoms with E-state index in [-0.39, 0.29) is 18.8 Å². The van der Waals surface area contributed by atoms with Crippen molar-refractivity contribution in [3.8, 4) is 0 Å². The third-order valence-corrected chi connectivity index (χ3v) is 1.27. The van der Waals surface area contributed by atoms with Crippen LogP contribution in [0, 0.1) is 0 Å². The van der Waals surface area contributed by atoms with E-state index >= 15 is 0 Å². The molecule has 0 rings (SSSR count). The summed E-state index contributed by atoms with van der Waals surface area (Å²) < 4.78 is 9.18. The first-order valence-electron chi connectivity index (χ1n) is 5.24. The molecule has 7 heteroatoms. The van der Waals surface area contributed by atoms with Crippen LogP contribution in [0.15, 0.2) is 12.2 Å². The number of hydrogen-bond acceptors (Lipinski definition) is 7. The summed E-state index contributed by atoms with van der Waals surface area (Å²) in [5.41, 5.74) is -0.350. The zero-order valence-corrected chi connectivity index (χ0v) is 11.0. The minimum absolute atomic E-state index is 0.0963. The molecule has 0 atom stereocenters. The van der Waals surface area contributed by atoms with E-state index in [4.69, 9.17) is 0 Å². The molecule has 0 bridgehead atoms. The van der Waals surface area contributed by atoms with Crippen molar-refractivity contribution in [2.45, 2.75) is 33.3 Å². The lowest BCUT2D eigenvalue weighted by atomic mass is 10.2. The fourth-order valence-electron chi connectivity index (χ4n) is 0.553. The number of rotatable bonds is 6. The number of carbonyl (C=O) groups excluding carboxylic acids is 2. The van der Waals surface area contributed by atoms with Gasteiger partial charge in [-0.2, -0.15) is 4.89 Å². The Labute approximate surface area is 105 Å². The first kappa shape index (κ1) is 16.4. The predicted octanol–water partition coefficient (Wildman–Crippen LogP) is 1.92. The van der Waals surface area contributed by atoms with Gasteiger partial charge in [0.15, 0.2) is 0 Å². The second-order valence-electron chi connectivity index (χ2n) is 4.36. The molecule has 0 aromatic rings. The average molecular weight is 262 g/mol. The molecule has 0 unspecified atom stereocenters. The van der Waals surface area contributed by atoms with E-state index < -0.39 is 17.7 Å². The zero-order chi connectivity index (χ0) is 14.2.